The maximum atomic E-state index is 5.65. The van der Waals surface area contributed by atoms with Crippen LogP contribution in [0.4, 0.5) is 0 Å². The van der Waals surface area contributed by atoms with Crippen LogP contribution in [0.2, 0.25) is 0 Å². The molecule has 2 N–H and O–H groups in total. The SMILES string of the molecule is CCC(CN)Sc1ccccc1Br. The monoisotopic (exact) mass is 259 g/mol. The van der Waals surface area contributed by atoms with Crippen LogP contribution in [0.3, 0.4) is 0 Å². The van der Waals surface area contributed by atoms with Gasteiger partial charge in [0.25, 0.3) is 0 Å². The van der Waals surface area contributed by atoms with E-state index in [0.717, 1.165) is 17.4 Å². The molecule has 0 fully saturated rings. The van der Waals surface area contributed by atoms with Crippen molar-refractivity contribution in [2.75, 3.05) is 6.54 Å². The molecule has 72 valence electrons. The van der Waals surface area contributed by atoms with E-state index in [1.54, 1.807) is 0 Å². The van der Waals surface area contributed by atoms with Crippen molar-refractivity contribution in [2.24, 2.45) is 5.73 Å². The molecule has 3 heteroatoms. The molecule has 1 aromatic rings. The minimum absolute atomic E-state index is 0.527. The highest BCUT2D eigenvalue weighted by atomic mass is 79.9. The van der Waals surface area contributed by atoms with E-state index < -0.39 is 0 Å². The van der Waals surface area contributed by atoms with Crippen LogP contribution >= 0.6 is 27.7 Å². The number of rotatable bonds is 4. The van der Waals surface area contributed by atoms with Gasteiger partial charge in [-0.3, -0.25) is 0 Å². The molecule has 1 aromatic carbocycles. The van der Waals surface area contributed by atoms with Gasteiger partial charge in [-0.1, -0.05) is 19.1 Å². The van der Waals surface area contributed by atoms with Gasteiger partial charge in [0.05, 0.1) is 0 Å². The summed E-state index contributed by atoms with van der Waals surface area (Å²) in [5.41, 5.74) is 5.65. The molecule has 0 aliphatic carbocycles. The Labute approximate surface area is 92.2 Å². The molecule has 0 aromatic heterocycles. The van der Waals surface area contributed by atoms with Crippen molar-refractivity contribution >= 4 is 27.7 Å². The molecule has 0 amide bonds. The van der Waals surface area contributed by atoms with Crippen LogP contribution < -0.4 is 5.73 Å². The van der Waals surface area contributed by atoms with Gasteiger partial charge in [-0.15, -0.1) is 11.8 Å². The van der Waals surface area contributed by atoms with Crippen LogP contribution in [0.1, 0.15) is 13.3 Å². The summed E-state index contributed by atoms with van der Waals surface area (Å²) in [5, 5.41) is 0.527. The quantitative estimate of drug-likeness (QED) is 0.841. The molecule has 1 rings (SSSR count). The second-order valence-electron chi connectivity index (χ2n) is 2.81. The second kappa shape index (κ2) is 5.68. The molecule has 0 saturated heterocycles. The largest absolute Gasteiger partial charge is 0.329 e. The third-order valence-corrected chi connectivity index (χ3v) is 4.27. The van der Waals surface area contributed by atoms with E-state index in [0.29, 0.717) is 5.25 Å². The van der Waals surface area contributed by atoms with Crippen molar-refractivity contribution in [3.63, 3.8) is 0 Å². The standard InChI is InChI=1S/C10H14BrNS/c1-2-8(7-12)13-10-6-4-3-5-9(10)11/h3-6,8H,2,7,12H2,1H3. The van der Waals surface area contributed by atoms with Crippen LogP contribution in [0.25, 0.3) is 0 Å². The van der Waals surface area contributed by atoms with Crippen LogP contribution in [0, 0.1) is 0 Å². The number of thioether (sulfide) groups is 1. The molecule has 0 spiro atoms. The zero-order valence-corrected chi connectivity index (χ0v) is 10.1. The Kier molecular flexibility index (Phi) is 4.84. The summed E-state index contributed by atoms with van der Waals surface area (Å²) in [7, 11) is 0. The van der Waals surface area contributed by atoms with Crippen LogP contribution in [-0.2, 0) is 0 Å². The Morgan fingerprint density at radius 3 is 2.69 bits per heavy atom. The summed E-state index contributed by atoms with van der Waals surface area (Å²) in [4.78, 5) is 1.28. The maximum absolute atomic E-state index is 5.65. The predicted octanol–water partition coefficient (Wildman–Crippen LogP) is 3.28. The van der Waals surface area contributed by atoms with E-state index in [2.05, 4.69) is 41.1 Å². The van der Waals surface area contributed by atoms with Gasteiger partial charge in [0, 0.05) is 21.2 Å². The first-order valence-corrected chi connectivity index (χ1v) is 6.06. The Hall–Kier alpha value is 0.01000. The summed E-state index contributed by atoms with van der Waals surface area (Å²) in [5.74, 6) is 0. The molecular formula is C10H14BrNS. The number of benzene rings is 1. The van der Waals surface area contributed by atoms with Gasteiger partial charge in [0.15, 0.2) is 0 Å². The maximum Gasteiger partial charge on any atom is 0.0311 e. The number of halogens is 1. The third-order valence-electron chi connectivity index (χ3n) is 1.85. The van der Waals surface area contributed by atoms with Crippen molar-refractivity contribution in [3.05, 3.63) is 28.7 Å². The third kappa shape index (κ3) is 3.33. The van der Waals surface area contributed by atoms with Crippen molar-refractivity contribution < 1.29 is 0 Å². The van der Waals surface area contributed by atoms with Crippen molar-refractivity contribution in [1.82, 2.24) is 0 Å². The zero-order valence-electron chi connectivity index (χ0n) is 7.66. The van der Waals surface area contributed by atoms with Gasteiger partial charge in [-0.25, -0.2) is 0 Å². The molecular weight excluding hydrogens is 246 g/mol. The smallest absolute Gasteiger partial charge is 0.0311 e. The number of hydrogen-bond acceptors (Lipinski definition) is 2. The Morgan fingerprint density at radius 2 is 2.15 bits per heavy atom. The van der Waals surface area contributed by atoms with Gasteiger partial charge in [-0.05, 0) is 34.5 Å². The van der Waals surface area contributed by atoms with Gasteiger partial charge >= 0.3 is 0 Å². The van der Waals surface area contributed by atoms with Gasteiger partial charge in [-0.2, -0.15) is 0 Å². The number of nitrogens with two attached hydrogens (primary N) is 1. The van der Waals surface area contributed by atoms with Crippen LogP contribution in [0.5, 0.6) is 0 Å². The van der Waals surface area contributed by atoms with Crippen molar-refractivity contribution in [1.29, 1.82) is 0 Å². The fourth-order valence-corrected chi connectivity index (χ4v) is 2.54. The lowest BCUT2D eigenvalue weighted by Gasteiger charge is -2.12. The minimum atomic E-state index is 0.527. The Balaban J connectivity index is 2.67. The fourth-order valence-electron chi connectivity index (χ4n) is 1.02. The first-order chi connectivity index (χ1) is 6.27. The van der Waals surface area contributed by atoms with Crippen molar-refractivity contribution in [2.45, 2.75) is 23.5 Å². The van der Waals surface area contributed by atoms with E-state index in [1.807, 2.05) is 17.8 Å². The molecule has 0 heterocycles. The lowest BCUT2D eigenvalue weighted by molar-refractivity contribution is 0.826. The summed E-state index contributed by atoms with van der Waals surface area (Å²) >= 11 is 5.36. The molecule has 0 bridgehead atoms. The first-order valence-electron chi connectivity index (χ1n) is 4.39. The van der Waals surface area contributed by atoms with Crippen LogP contribution in [-0.4, -0.2) is 11.8 Å². The topological polar surface area (TPSA) is 26.0 Å². The Morgan fingerprint density at radius 1 is 1.46 bits per heavy atom. The van der Waals surface area contributed by atoms with E-state index >= 15 is 0 Å². The molecule has 1 nitrogen and oxygen atoms in total. The van der Waals surface area contributed by atoms with Gasteiger partial charge < -0.3 is 5.73 Å². The molecule has 1 atom stereocenters. The fraction of sp³-hybridized carbons (Fsp3) is 0.400. The second-order valence-corrected chi connectivity index (χ2v) is 5.01. The number of hydrogen-bond donors (Lipinski definition) is 1. The molecule has 0 aliphatic heterocycles. The normalized spacial score (nSPS) is 12.8. The molecule has 0 radical (unpaired) electrons. The van der Waals surface area contributed by atoms with E-state index in [1.165, 1.54) is 4.90 Å². The summed E-state index contributed by atoms with van der Waals surface area (Å²) in [6.45, 7) is 2.91. The minimum Gasteiger partial charge on any atom is -0.329 e. The first kappa shape index (κ1) is 11.1. The highest BCUT2D eigenvalue weighted by molar-refractivity contribution is 9.10. The lowest BCUT2D eigenvalue weighted by Crippen LogP contribution is -2.15. The summed E-state index contributed by atoms with van der Waals surface area (Å²) in [6, 6.07) is 8.26. The van der Waals surface area contributed by atoms with Gasteiger partial charge in [0.1, 0.15) is 0 Å². The molecule has 1 unspecified atom stereocenters. The lowest BCUT2D eigenvalue weighted by atomic mass is 10.3. The van der Waals surface area contributed by atoms with Crippen LogP contribution in [0.15, 0.2) is 33.6 Å². The average Bonchev–Trinajstić information content (AvgIpc) is 2.17. The highest BCUT2D eigenvalue weighted by Crippen LogP contribution is 2.30. The van der Waals surface area contributed by atoms with Gasteiger partial charge in [0.2, 0.25) is 0 Å². The van der Waals surface area contributed by atoms with E-state index in [9.17, 15) is 0 Å². The molecule has 0 saturated carbocycles. The Bertz CT molecular complexity index is 261. The zero-order chi connectivity index (χ0) is 9.68. The van der Waals surface area contributed by atoms with Crippen molar-refractivity contribution in [3.8, 4) is 0 Å². The molecule has 13 heavy (non-hydrogen) atoms. The highest BCUT2D eigenvalue weighted by Gasteiger charge is 2.07. The summed E-state index contributed by atoms with van der Waals surface area (Å²) < 4.78 is 1.16. The van der Waals surface area contributed by atoms with E-state index in [-0.39, 0.29) is 0 Å². The average molecular weight is 260 g/mol. The summed E-state index contributed by atoms with van der Waals surface area (Å²) in [6.07, 6.45) is 1.11. The molecule has 0 aliphatic rings. The predicted molar refractivity (Wildman–Crippen MR) is 63.1 cm³/mol. The van der Waals surface area contributed by atoms with E-state index in [4.69, 9.17) is 5.73 Å².